The van der Waals surface area contributed by atoms with Crippen molar-refractivity contribution in [1.29, 1.82) is 0 Å². The number of sulfonamides is 1. The van der Waals surface area contributed by atoms with Crippen LogP contribution in [-0.2, 0) is 23.5 Å². The van der Waals surface area contributed by atoms with Gasteiger partial charge in [0.25, 0.3) is 10.0 Å². The van der Waals surface area contributed by atoms with Crippen molar-refractivity contribution < 1.29 is 13.2 Å². The zero-order valence-electron chi connectivity index (χ0n) is 11.2. The molecule has 9 heteroatoms. The summed E-state index contributed by atoms with van der Waals surface area (Å²) in [6.07, 6.45) is 0.473. The molecule has 2 aromatic rings. The lowest BCUT2D eigenvalue weighted by Gasteiger charge is -2.12. The normalized spacial score (nSPS) is 17.5. The predicted octanol–water partition coefficient (Wildman–Crippen LogP) is 0.860. The quantitative estimate of drug-likeness (QED) is 0.859. The molecule has 0 spiro atoms. The molecule has 0 saturated heterocycles. The minimum absolute atomic E-state index is 0.00184. The molecule has 1 aliphatic rings. The van der Waals surface area contributed by atoms with Crippen molar-refractivity contribution in [2.45, 2.75) is 17.6 Å². The minimum Gasteiger partial charge on any atom is -0.488 e. The van der Waals surface area contributed by atoms with Gasteiger partial charge in [-0.05, 0) is 27.6 Å². The highest BCUT2D eigenvalue weighted by Gasteiger charge is 2.27. The first-order valence-electron chi connectivity index (χ1n) is 6.27. The number of ether oxygens (including phenoxy) is 1. The van der Waals surface area contributed by atoms with E-state index in [9.17, 15) is 8.42 Å². The van der Waals surface area contributed by atoms with Crippen molar-refractivity contribution in [2.75, 3.05) is 6.54 Å². The Morgan fingerprint density at radius 1 is 1.48 bits per heavy atom. The third-order valence-corrected chi connectivity index (χ3v) is 5.52. The number of fused-ring (bicyclic) bond motifs is 1. The van der Waals surface area contributed by atoms with Gasteiger partial charge in [-0.15, -0.1) is 5.10 Å². The van der Waals surface area contributed by atoms with Crippen molar-refractivity contribution in [3.63, 3.8) is 0 Å². The van der Waals surface area contributed by atoms with Gasteiger partial charge in [0.05, 0.1) is 0 Å². The van der Waals surface area contributed by atoms with Gasteiger partial charge in [0, 0.05) is 20.0 Å². The molecule has 1 aromatic carbocycles. The highest BCUT2D eigenvalue weighted by molar-refractivity contribution is 9.10. The summed E-state index contributed by atoms with van der Waals surface area (Å²) in [5.74, 6) is 0.810. The highest BCUT2D eigenvalue weighted by Crippen LogP contribution is 2.28. The van der Waals surface area contributed by atoms with Crippen LogP contribution >= 0.6 is 15.9 Å². The van der Waals surface area contributed by atoms with Crippen LogP contribution in [0.5, 0.6) is 5.75 Å². The minimum atomic E-state index is -3.69. The molecule has 0 fully saturated rings. The SMILES string of the molecule is Cn1nnc(Br)c1S(=O)(=O)NCC1Cc2ccccc2O1. The van der Waals surface area contributed by atoms with Crippen LogP contribution in [0.3, 0.4) is 0 Å². The number of para-hydroxylation sites is 1. The third-order valence-electron chi connectivity index (χ3n) is 3.21. The lowest BCUT2D eigenvalue weighted by atomic mass is 10.1. The summed E-state index contributed by atoms with van der Waals surface area (Å²) in [5, 5.41) is 7.34. The molecule has 0 aliphatic carbocycles. The van der Waals surface area contributed by atoms with E-state index in [0.717, 1.165) is 11.3 Å². The molecule has 1 N–H and O–H groups in total. The highest BCUT2D eigenvalue weighted by atomic mass is 79.9. The second-order valence-corrected chi connectivity index (χ2v) is 7.15. The Morgan fingerprint density at radius 3 is 2.90 bits per heavy atom. The molecule has 1 aromatic heterocycles. The number of aryl methyl sites for hydroxylation is 1. The Hall–Kier alpha value is -1.45. The van der Waals surface area contributed by atoms with Crippen molar-refractivity contribution in [3.8, 4) is 5.75 Å². The molecule has 0 radical (unpaired) electrons. The van der Waals surface area contributed by atoms with Crippen molar-refractivity contribution in [2.24, 2.45) is 7.05 Å². The first-order chi connectivity index (χ1) is 9.97. The van der Waals surface area contributed by atoms with Crippen LogP contribution in [0, 0.1) is 0 Å². The van der Waals surface area contributed by atoms with Gasteiger partial charge in [0.15, 0.2) is 4.60 Å². The van der Waals surface area contributed by atoms with E-state index in [-0.39, 0.29) is 22.3 Å². The van der Waals surface area contributed by atoms with E-state index >= 15 is 0 Å². The largest absolute Gasteiger partial charge is 0.488 e. The summed E-state index contributed by atoms with van der Waals surface area (Å²) in [6, 6.07) is 7.69. The Bertz CT molecular complexity index is 730. The first kappa shape index (κ1) is 14.5. The fourth-order valence-corrected chi connectivity index (χ4v) is 4.40. The van der Waals surface area contributed by atoms with Crippen LogP contribution in [0.1, 0.15) is 5.56 Å². The second kappa shape index (κ2) is 5.39. The zero-order chi connectivity index (χ0) is 15.0. The third kappa shape index (κ3) is 2.81. The number of nitrogens with zero attached hydrogens (tertiary/aromatic N) is 3. The summed E-state index contributed by atoms with van der Waals surface area (Å²) in [7, 11) is -2.17. The number of aromatic nitrogens is 3. The maximum absolute atomic E-state index is 12.3. The summed E-state index contributed by atoms with van der Waals surface area (Å²) < 4.78 is 34.2. The monoisotopic (exact) mass is 372 g/mol. The van der Waals surface area contributed by atoms with Gasteiger partial charge in [0.2, 0.25) is 5.03 Å². The molecule has 0 saturated carbocycles. The number of halogens is 1. The smallest absolute Gasteiger partial charge is 0.260 e. The summed E-state index contributed by atoms with van der Waals surface area (Å²) in [4.78, 5) is 0. The van der Waals surface area contributed by atoms with Crippen molar-refractivity contribution >= 4 is 26.0 Å². The van der Waals surface area contributed by atoms with Crippen LogP contribution < -0.4 is 9.46 Å². The average Bonchev–Trinajstić information content (AvgIpc) is 3.00. The maximum atomic E-state index is 12.3. The molecular formula is C12H13BrN4O3S. The van der Waals surface area contributed by atoms with Crippen LogP contribution in [0.4, 0.5) is 0 Å². The van der Waals surface area contributed by atoms with E-state index in [1.165, 1.54) is 11.7 Å². The molecule has 2 heterocycles. The van der Waals surface area contributed by atoms with E-state index in [1.54, 1.807) is 0 Å². The van der Waals surface area contributed by atoms with Crippen LogP contribution in [0.15, 0.2) is 33.9 Å². The number of hydrogen-bond acceptors (Lipinski definition) is 5. The van der Waals surface area contributed by atoms with E-state index in [1.807, 2.05) is 24.3 Å². The molecule has 1 aliphatic heterocycles. The Balaban J connectivity index is 1.69. The van der Waals surface area contributed by atoms with Gasteiger partial charge in [-0.1, -0.05) is 23.4 Å². The van der Waals surface area contributed by atoms with Crippen molar-refractivity contribution in [1.82, 2.24) is 19.7 Å². The molecule has 112 valence electrons. The Kier molecular flexibility index (Phi) is 3.72. The lowest BCUT2D eigenvalue weighted by Crippen LogP contribution is -2.35. The van der Waals surface area contributed by atoms with Gasteiger partial charge in [0.1, 0.15) is 11.9 Å². The molecule has 3 rings (SSSR count). The number of benzene rings is 1. The molecule has 21 heavy (non-hydrogen) atoms. The average molecular weight is 373 g/mol. The Morgan fingerprint density at radius 2 is 2.24 bits per heavy atom. The second-order valence-electron chi connectivity index (χ2n) is 4.71. The molecule has 1 unspecified atom stereocenters. The van der Waals surface area contributed by atoms with Crippen LogP contribution in [0.2, 0.25) is 0 Å². The van der Waals surface area contributed by atoms with Gasteiger partial charge in [-0.3, -0.25) is 0 Å². The number of rotatable bonds is 4. The van der Waals surface area contributed by atoms with Gasteiger partial charge in [-0.25, -0.2) is 17.8 Å². The molecule has 0 bridgehead atoms. The summed E-state index contributed by atoms with van der Waals surface area (Å²) in [6.45, 7) is 0.189. The molecular weight excluding hydrogens is 360 g/mol. The Labute approximate surface area is 130 Å². The van der Waals surface area contributed by atoms with Crippen molar-refractivity contribution in [3.05, 3.63) is 34.4 Å². The molecule has 7 nitrogen and oxygen atoms in total. The van der Waals surface area contributed by atoms with Gasteiger partial charge >= 0.3 is 0 Å². The first-order valence-corrected chi connectivity index (χ1v) is 8.54. The lowest BCUT2D eigenvalue weighted by molar-refractivity contribution is 0.236. The number of nitrogens with one attached hydrogen (secondary N) is 1. The van der Waals surface area contributed by atoms with E-state index in [0.29, 0.717) is 6.42 Å². The summed E-state index contributed by atoms with van der Waals surface area (Å²) >= 11 is 3.08. The fourth-order valence-electron chi connectivity index (χ4n) is 2.25. The summed E-state index contributed by atoms with van der Waals surface area (Å²) in [5.41, 5.74) is 1.09. The van der Waals surface area contributed by atoms with E-state index in [4.69, 9.17) is 4.74 Å². The van der Waals surface area contributed by atoms with Gasteiger partial charge in [-0.2, -0.15) is 0 Å². The fraction of sp³-hybridized carbons (Fsp3) is 0.333. The van der Waals surface area contributed by atoms with E-state index in [2.05, 4.69) is 31.0 Å². The standard InChI is InChI=1S/C12H13BrN4O3S/c1-17-12(11(13)15-16-17)21(18,19)14-7-9-6-8-4-2-3-5-10(8)20-9/h2-5,9,14H,6-7H2,1H3. The molecule has 0 amide bonds. The van der Waals surface area contributed by atoms with Crippen LogP contribution in [0.25, 0.3) is 0 Å². The topological polar surface area (TPSA) is 86.1 Å². The van der Waals surface area contributed by atoms with Gasteiger partial charge < -0.3 is 4.74 Å². The zero-order valence-corrected chi connectivity index (χ0v) is 13.6. The number of hydrogen-bond donors (Lipinski definition) is 1. The predicted molar refractivity (Wildman–Crippen MR) is 78.5 cm³/mol. The maximum Gasteiger partial charge on any atom is 0.260 e. The van der Waals surface area contributed by atoms with Crippen LogP contribution in [-0.4, -0.2) is 36.1 Å². The molecule has 1 atom stereocenters. The van der Waals surface area contributed by atoms with E-state index < -0.39 is 10.0 Å².